The Balaban J connectivity index is 1.90. The summed E-state index contributed by atoms with van der Waals surface area (Å²) >= 11 is 6.04. The van der Waals surface area contributed by atoms with Gasteiger partial charge in [-0.15, -0.1) is 0 Å². The Hall–Kier alpha value is -1.26. The molecule has 1 saturated heterocycles. The van der Waals surface area contributed by atoms with Crippen molar-refractivity contribution in [1.29, 1.82) is 0 Å². The van der Waals surface area contributed by atoms with Crippen LogP contribution < -0.4 is 16.0 Å². The average Bonchev–Trinajstić information content (AvgIpc) is 2.33. The van der Waals surface area contributed by atoms with Gasteiger partial charge in [-0.05, 0) is 31.0 Å². The number of anilines is 2. The van der Waals surface area contributed by atoms with E-state index in [1.54, 1.807) is 18.2 Å². The summed E-state index contributed by atoms with van der Waals surface area (Å²) in [5.74, 6) is 0.715. The first-order valence-electron chi connectivity index (χ1n) is 6.73. The molecule has 4 nitrogen and oxygen atoms in total. The Morgan fingerprint density at radius 1 is 1.58 bits per heavy atom. The second-order valence-corrected chi connectivity index (χ2v) is 5.82. The summed E-state index contributed by atoms with van der Waals surface area (Å²) in [7, 11) is 0. The van der Waals surface area contributed by atoms with E-state index in [1.807, 2.05) is 0 Å². The Morgan fingerprint density at radius 2 is 2.37 bits per heavy atom. The van der Waals surface area contributed by atoms with Gasteiger partial charge in [0, 0.05) is 11.6 Å². The first kappa shape index (κ1) is 14.2. The van der Waals surface area contributed by atoms with Crippen LogP contribution >= 0.6 is 11.6 Å². The van der Waals surface area contributed by atoms with Gasteiger partial charge >= 0.3 is 0 Å². The number of halogens is 1. The first-order chi connectivity index (χ1) is 9.04. The molecule has 1 aromatic rings. The van der Waals surface area contributed by atoms with Crippen LogP contribution in [0.1, 0.15) is 19.8 Å². The molecule has 1 aliphatic rings. The molecule has 1 aromatic carbocycles. The van der Waals surface area contributed by atoms with Crippen LogP contribution in [-0.2, 0) is 4.79 Å². The number of nitrogens with one attached hydrogen (secondary N) is 2. The highest BCUT2D eigenvalue weighted by Gasteiger charge is 2.22. The van der Waals surface area contributed by atoms with Gasteiger partial charge in [-0.1, -0.05) is 18.5 Å². The third kappa shape index (κ3) is 4.11. The SMILES string of the molecule is C[C@@H]1CCC[NH+](CC(=O)Nc2ccc(N)cc2Cl)C1. The summed E-state index contributed by atoms with van der Waals surface area (Å²) in [6, 6.07) is 5.12. The van der Waals surface area contributed by atoms with E-state index in [9.17, 15) is 4.79 Å². The van der Waals surface area contributed by atoms with Crippen molar-refractivity contribution in [2.45, 2.75) is 19.8 Å². The van der Waals surface area contributed by atoms with Crippen LogP contribution in [0.15, 0.2) is 18.2 Å². The molecule has 0 saturated carbocycles. The van der Waals surface area contributed by atoms with E-state index in [2.05, 4.69) is 12.2 Å². The standard InChI is InChI=1S/C14H20ClN3O/c1-10-3-2-6-18(8-10)9-14(19)17-13-5-4-11(16)7-12(13)15/h4-5,7,10H,2-3,6,8-9,16H2,1H3,(H,17,19)/p+1/t10-/m1/s1. The molecule has 19 heavy (non-hydrogen) atoms. The topological polar surface area (TPSA) is 59.6 Å². The van der Waals surface area contributed by atoms with Gasteiger partial charge in [-0.25, -0.2) is 0 Å². The average molecular weight is 283 g/mol. The number of nitrogen functional groups attached to an aromatic ring is 1. The highest BCUT2D eigenvalue weighted by Crippen LogP contribution is 2.23. The van der Waals surface area contributed by atoms with Crippen molar-refractivity contribution in [3.63, 3.8) is 0 Å². The minimum Gasteiger partial charge on any atom is -0.399 e. The molecule has 1 amide bonds. The monoisotopic (exact) mass is 282 g/mol. The molecule has 0 aromatic heterocycles. The molecule has 1 fully saturated rings. The molecule has 1 aliphatic heterocycles. The quantitative estimate of drug-likeness (QED) is 0.729. The molecule has 0 bridgehead atoms. The van der Waals surface area contributed by atoms with E-state index in [-0.39, 0.29) is 5.91 Å². The van der Waals surface area contributed by atoms with Gasteiger partial charge in [-0.2, -0.15) is 0 Å². The van der Waals surface area contributed by atoms with Crippen molar-refractivity contribution >= 4 is 28.9 Å². The largest absolute Gasteiger partial charge is 0.399 e. The number of amides is 1. The van der Waals surface area contributed by atoms with Crippen LogP contribution in [-0.4, -0.2) is 25.5 Å². The smallest absolute Gasteiger partial charge is 0.279 e. The summed E-state index contributed by atoms with van der Waals surface area (Å²) in [6.07, 6.45) is 2.47. The van der Waals surface area contributed by atoms with E-state index in [0.29, 0.717) is 28.9 Å². The maximum atomic E-state index is 12.0. The van der Waals surface area contributed by atoms with Gasteiger partial charge in [0.15, 0.2) is 6.54 Å². The maximum absolute atomic E-state index is 12.0. The zero-order chi connectivity index (χ0) is 13.8. The number of rotatable bonds is 3. The van der Waals surface area contributed by atoms with Gasteiger partial charge in [0.1, 0.15) is 0 Å². The minimum atomic E-state index is 0.00997. The lowest BCUT2D eigenvalue weighted by molar-refractivity contribution is -0.900. The van der Waals surface area contributed by atoms with Crippen molar-refractivity contribution in [1.82, 2.24) is 0 Å². The van der Waals surface area contributed by atoms with Crippen molar-refractivity contribution in [2.24, 2.45) is 5.92 Å². The van der Waals surface area contributed by atoms with Gasteiger partial charge in [0.2, 0.25) is 0 Å². The lowest BCUT2D eigenvalue weighted by Crippen LogP contribution is -3.14. The molecule has 0 radical (unpaired) electrons. The van der Waals surface area contributed by atoms with E-state index in [0.717, 1.165) is 13.1 Å². The molecule has 5 heteroatoms. The number of hydrogen-bond acceptors (Lipinski definition) is 2. The zero-order valence-corrected chi connectivity index (χ0v) is 12.0. The molecule has 1 heterocycles. The Morgan fingerprint density at radius 3 is 3.05 bits per heavy atom. The van der Waals surface area contributed by atoms with Crippen LogP contribution in [0.25, 0.3) is 0 Å². The predicted octanol–water partition coefficient (Wildman–Crippen LogP) is 1.18. The van der Waals surface area contributed by atoms with E-state index in [4.69, 9.17) is 17.3 Å². The molecular weight excluding hydrogens is 262 g/mol. The third-order valence-electron chi connectivity index (χ3n) is 3.54. The number of quaternary nitrogens is 1. The number of carbonyl (C=O) groups is 1. The van der Waals surface area contributed by atoms with Crippen molar-refractivity contribution in [3.8, 4) is 0 Å². The van der Waals surface area contributed by atoms with Gasteiger partial charge < -0.3 is 16.0 Å². The van der Waals surface area contributed by atoms with Crippen molar-refractivity contribution in [2.75, 3.05) is 30.7 Å². The number of benzene rings is 1. The lowest BCUT2D eigenvalue weighted by Gasteiger charge is -2.27. The highest BCUT2D eigenvalue weighted by atomic mass is 35.5. The summed E-state index contributed by atoms with van der Waals surface area (Å²) < 4.78 is 0. The van der Waals surface area contributed by atoms with E-state index in [1.165, 1.54) is 17.7 Å². The van der Waals surface area contributed by atoms with E-state index < -0.39 is 0 Å². The van der Waals surface area contributed by atoms with Gasteiger partial charge in [0.05, 0.1) is 23.8 Å². The van der Waals surface area contributed by atoms with Crippen LogP contribution in [0.2, 0.25) is 5.02 Å². The fraction of sp³-hybridized carbons (Fsp3) is 0.500. The summed E-state index contributed by atoms with van der Waals surface area (Å²) in [5.41, 5.74) is 6.85. The highest BCUT2D eigenvalue weighted by molar-refractivity contribution is 6.34. The molecule has 2 atom stereocenters. The summed E-state index contributed by atoms with van der Waals surface area (Å²) in [5, 5.41) is 3.33. The number of hydrogen-bond donors (Lipinski definition) is 3. The number of piperidine rings is 1. The Labute approximate surface area is 118 Å². The van der Waals surface area contributed by atoms with Crippen molar-refractivity contribution < 1.29 is 9.69 Å². The minimum absolute atomic E-state index is 0.00997. The van der Waals surface area contributed by atoms with Gasteiger partial charge in [-0.3, -0.25) is 4.79 Å². The van der Waals surface area contributed by atoms with Crippen LogP contribution in [0, 0.1) is 5.92 Å². The predicted molar refractivity (Wildman–Crippen MR) is 78.5 cm³/mol. The molecule has 2 rings (SSSR count). The van der Waals surface area contributed by atoms with E-state index >= 15 is 0 Å². The van der Waals surface area contributed by atoms with Gasteiger partial charge in [0.25, 0.3) is 5.91 Å². The Kier molecular flexibility index (Phi) is 4.66. The second-order valence-electron chi connectivity index (χ2n) is 5.42. The first-order valence-corrected chi connectivity index (χ1v) is 7.11. The fourth-order valence-corrected chi connectivity index (χ4v) is 2.85. The second kappa shape index (κ2) is 6.26. The molecule has 104 valence electrons. The van der Waals surface area contributed by atoms with Crippen LogP contribution in [0.4, 0.5) is 11.4 Å². The molecule has 0 spiro atoms. The molecule has 4 N–H and O–H groups in total. The number of nitrogens with two attached hydrogens (primary N) is 1. The van der Waals surface area contributed by atoms with Crippen molar-refractivity contribution in [3.05, 3.63) is 23.2 Å². The molecule has 0 aliphatic carbocycles. The van der Waals surface area contributed by atoms with Crippen LogP contribution in [0.5, 0.6) is 0 Å². The Bertz CT molecular complexity index is 464. The fourth-order valence-electron chi connectivity index (χ4n) is 2.61. The molecule has 1 unspecified atom stereocenters. The number of likely N-dealkylation sites (tertiary alicyclic amines) is 1. The number of carbonyl (C=O) groups excluding carboxylic acids is 1. The summed E-state index contributed by atoms with van der Waals surface area (Å²) in [6.45, 7) is 4.90. The maximum Gasteiger partial charge on any atom is 0.279 e. The van der Waals surface area contributed by atoms with Crippen LogP contribution in [0.3, 0.4) is 0 Å². The zero-order valence-electron chi connectivity index (χ0n) is 11.2. The molecular formula is C14H21ClN3O+. The summed E-state index contributed by atoms with van der Waals surface area (Å²) in [4.78, 5) is 13.4. The normalized spacial score (nSPS) is 23.1. The third-order valence-corrected chi connectivity index (χ3v) is 3.85. The lowest BCUT2D eigenvalue weighted by atomic mass is 10.0.